The third-order valence-corrected chi connectivity index (χ3v) is 4.07. The molecule has 3 rings (SSSR count). The molecule has 0 atom stereocenters. The van der Waals surface area contributed by atoms with Crippen molar-refractivity contribution in [3.8, 4) is 11.5 Å². The Morgan fingerprint density at radius 1 is 1.33 bits per heavy atom. The molecular weight excluding hydrogens is 422 g/mol. The summed E-state index contributed by atoms with van der Waals surface area (Å²) in [4.78, 5) is 8.74. The maximum absolute atomic E-state index is 12.9. The van der Waals surface area contributed by atoms with Crippen molar-refractivity contribution in [3.05, 3.63) is 42.0 Å². The lowest BCUT2D eigenvalue weighted by Crippen LogP contribution is -2.34. The molecule has 0 radical (unpaired) electrons. The first-order valence-corrected chi connectivity index (χ1v) is 7.95. The highest BCUT2D eigenvalue weighted by atomic mass is 127. The third kappa shape index (κ3) is 5.19. The van der Waals surface area contributed by atoms with Crippen LogP contribution in [0.3, 0.4) is 0 Å². The zero-order valence-electron chi connectivity index (χ0n) is 13.4. The molecule has 7 heteroatoms. The van der Waals surface area contributed by atoms with Crippen molar-refractivity contribution in [2.24, 2.45) is 16.6 Å². The molecule has 130 valence electrons. The summed E-state index contributed by atoms with van der Waals surface area (Å²) in [5.74, 6) is 1.41. The van der Waals surface area contributed by atoms with Crippen molar-refractivity contribution in [1.29, 1.82) is 0 Å². The highest BCUT2D eigenvalue weighted by molar-refractivity contribution is 14.0. The number of oxazole rings is 1. The Bertz CT molecular complexity index is 667. The van der Waals surface area contributed by atoms with Crippen LogP contribution in [0.1, 0.15) is 25.0 Å². The summed E-state index contributed by atoms with van der Waals surface area (Å²) < 4.78 is 18.3. The lowest BCUT2D eigenvalue weighted by atomic mass is 9.86. The van der Waals surface area contributed by atoms with Gasteiger partial charge in [0, 0.05) is 25.1 Å². The van der Waals surface area contributed by atoms with E-state index < -0.39 is 0 Å². The van der Waals surface area contributed by atoms with Crippen LogP contribution in [0.15, 0.2) is 39.9 Å². The quantitative estimate of drug-likeness (QED) is 0.407. The number of hydrogen-bond donors (Lipinski definition) is 2. The van der Waals surface area contributed by atoms with Crippen LogP contribution in [0, 0.1) is 11.7 Å². The standard InChI is InChI=1S/C17H21FN4O.HI/c18-14-6-4-13(5-7-14)16-22-15(11-23-16)8-9-20-17(19)21-10-12-2-1-3-12;/h4-7,11-12H,1-3,8-10H2,(H3,19,20,21);1H. The maximum Gasteiger partial charge on any atom is 0.226 e. The molecule has 1 heterocycles. The van der Waals surface area contributed by atoms with Crippen LogP contribution < -0.4 is 11.1 Å². The first-order valence-electron chi connectivity index (χ1n) is 7.95. The molecule has 5 nitrogen and oxygen atoms in total. The molecule has 1 aliphatic carbocycles. The largest absolute Gasteiger partial charge is 0.444 e. The number of halogens is 2. The molecular formula is C17H22FIN4O. The average Bonchev–Trinajstić information content (AvgIpc) is 2.95. The minimum Gasteiger partial charge on any atom is -0.444 e. The zero-order chi connectivity index (χ0) is 16.1. The molecule has 1 aromatic heterocycles. The number of aliphatic imine (C=N–C) groups is 1. The summed E-state index contributed by atoms with van der Waals surface area (Å²) in [6.07, 6.45) is 6.15. The molecule has 0 saturated heterocycles. The van der Waals surface area contributed by atoms with Gasteiger partial charge in [0.2, 0.25) is 5.89 Å². The first-order chi connectivity index (χ1) is 11.2. The molecule has 0 bridgehead atoms. The minimum atomic E-state index is -0.276. The lowest BCUT2D eigenvalue weighted by molar-refractivity contribution is 0.326. The van der Waals surface area contributed by atoms with Gasteiger partial charge in [0.1, 0.15) is 12.1 Å². The van der Waals surface area contributed by atoms with Crippen molar-refractivity contribution in [1.82, 2.24) is 10.3 Å². The van der Waals surface area contributed by atoms with Gasteiger partial charge in [-0.1, -0.05) is 6.42 Å². The summed E-state index contributed by atoms with van der Waals surface area (Å²) in [6, 6.07) is 6.07. The van der Waals surface area contributed by atoms with Crippen LogP contribution in [-0.2, 0) is 6.42 Å². The van der Waals surface area contributed by atoms with Gasteiger partial charge in [0.05, 0.1) is 5.69 Å². The van der Waals surface area contributed by atoms with E-state index >= 15 is 0 Å². The van der Waals surface area contributed by atoms with E-state index in [9.17, 15) is 4.39 Å². The van der Waals surface area contributed by atoms with Gasteiger partial charge >= 0.3 is 0 Å². The van der Waals surface area contributed by atoms with E-state index in [1.165, 1.54) is 31.4 Å². The molecule has 0 unspecified atom stereocenters. The molecule has 1 fully saturated rings. The van der Waals surface area contributed by atoms with E-state index in [0.29, 0.717) is 30.7 Å². The van der Waals surface area contributed by atoms with E-state index in [1.54, 1.807) is 18.4 Å². The highest BCUT2D eigenvalue weighted by Gasteiger charge is 2.16. The molecule has 24 heavy (non-hydrogen) atoms. The number of guanidine groups is 1. The van der Waals surface area contributed by atoms with Crippen molar-refractivity contribution in [2.75, 3.05) is 13.1 Å². The van der Waals surface area contributed by atoms with E-state index in [2.05, 4.69) is 15.3 Å². The fourth-order valence-electron chi connectivity index (χ4n) is 2.42. The normalized spacial score (nSPS) is 14.8. The van der Waals surface area contributed by atoms with E-state index in [4.69, 9.17) is 10.2 Å². The van der Waals surface area contributed by atoms with Crippen LogP contribution >= 0.6 is 24.0 Å². The Kier molecular flexibility index (Phi) is 7.01. The molecule has 2 aromatic rings. The van der Waals surface area contributed by atoms with Gasteiger partial charge in [-0.25, -0.2) is 9.37 Å². The van der Waals surface area contributed by atoms with Crippen molar-refractivity contribution in [3.63, 3.8) is 0 Å². The fourth-order valence-corrected chi connectivity index (χ4v) is 2.42. The Morgan fingerprint density at radius 3 is 2.75 bits per heavy atom. The van der Waals surface area contributed by atoms with Gasteiger partial charge < -0.3 is 15.5 Å². The number of aromatic nitrogens is 1. The number of nitrogens with two attached hydrogens (primary N) is 1. The predicted molar refractivity (Wildman–Crippen MR) is 103 cm³/mol. The number of benzene rings is 1. The highest BCUT2D eigenvalue weighted by Crippen LogP contribution is 2.26. The minimum absolute atomic E-state index is 0. The zero-order valence-corrected chi connectivity index (χ0v) is 15.7. The molecule has 0 spiro atoms. The molecule has 3 N–H and O–H groups in total. The smallest absolute Gasteiger partial charge is 0.226 e. The van der Waals surface area contributed by atoms with Gasteiger partial charge in [-0.2, -0.15) is 0 Å². The summed E-state index contributed by atoms with van der Waals surface area (Å²) >= 11 is 0. The molecule has 0 aliphatic heterocycles. The summed E-state index contributed by atoms with van der Waals surface area (Å²) in [5, 5.41) is 3.09. The molecule has 1 saturated carbocycles. The number of nitrogens with one attached hydrogen (secondary N) is 1. The van der Waals surface area contributed by atoms with E-state index in [1.807, 2.05) is 0 Å². The third-order valence-electron chi connectivity index (χ3n) is 4.07. The Labute approximate surface area is 158 Å². The Morgan fingerprint density at radius 2 is 2.08 bits per heavy atom. The second-order valence-corrected chi connectivity index (χ2v) is 5.85. The second kappa shape index (κ2) is 9.00. The topological polar surface area (TPSA) is 76.4 Å². The van der Waals surface area contributed by atoms with Crippen LogP contribution in [0.25, 0.3) is 11.5 Å². The maximum atomic E-state index is 12.9. The second-order valence-electron chi connectivity index (χ2n) is 5.85. The van der Waals surface area contributed by atoms with Crippen molar-refractivity contribution >= 4 is 29.9 Å². The molecule has 0 amide bonds. The van der Waals surface area contributed by atoms with Gasteiger partial charge in [0.25, 0.3) is 0 Å². The number of hydrogen-bond acceptors (Lipinski definition) is 3. The van der Waals surface area contributed by atoms with Crippen molar-refractivity contribution in [2.45, 2.75) is 25.7 Å². The van der Waals surface area contributed by atoms with Gasteiger partial charge in [-0.3, -0.25) is 4.99 Å². The lowest BCUT2D eigenvalue weighted by Gasteiger charge is -2.23. The van der Waals surface area contributed by atoms with Gasteiger partial charge in [-0.05, 0) is 43.0 Å². The average molecular weight is 444 g/mol. The summed E-state index contributed by atoms with van der Waals surface area (Å²) in [7, 11) is 0. The predicted octanol–water partition coefficient (Wildman–Crippen LogP) is 3.35. The van der Waals surface area contributed by atoms with Crippen LogP contribution in [0.4, 0.5) is 4.39 Å². The number of nitrogens with zero attached hydrogens (tertiary/aromatic N) is 2. The van der Waals surface area contributed by atoms with Crippen LogP contribution in [0.2, 0.25) is 0 Å². The summed E-state index contributed by atoms with van der Waals surface area (Å²) in [6.45, 7) is 1.47. The summed E-state index contributed by atoms with van der Waals surface area (Å²) in [5.41, 5.74) is 7.41. The van der Waals surface area contributed by atoms with Gasteiger partial charge in [0.15, 0.2) is 5.96 Å². The van der Waals surface area contributed by atoms with E-state index in [0.717, 1.165) is 17.8 Å². The Hall–Kier alpha value is -1.64. The van der Waals surface area contributed by atoms with Crippen molar-refractivity contribution < 1.29 is 8.81 Å². The van der Waals surface area contributed by atoms with Crippen LogP contribution in [0.5, 0.6) is 0 Å². The molecule has 1 aromatic carbocycles. The van der Waals surface area contributed by atoms with E-state index in [-0.39, 0.29) is 29.8 Å². The fraction of sp³-hybridized carbons (Fsp3) is 0.412. The van der Waals surface area contributed by atoms with Crippen LogP contribution in [-0.4, -0.2) is 24.0 Å². The first kappa shape index (κ1) is 18.7. The monoisotopic (exact) mass is 444 g/mol. The Balaban J connectivity index is 0.00000208. The van der Waals surface area contributed by atoms with Gasteiger partial charge in [-0.15, -0.1) is 24.0 Å². The number of rotatable bonds is 6. The molecule has 1 aliphatic rings. The SMILES string of the molecule is I.NC(=NCC1CCC1)NCCc1coc(-c2ccc(F)cc2)n1.